The van der Waals surface area contributed by atoms with Gasteiger partial charge >= 0.3 is 0 Å². The van der Waals surface area contributed by atoms with Crippen LogP contribution in [0.2, 0.25) is 0 Å². The van der Waals surface area contributed by atoms with Crippen LogP contribution in [0, 0.1) is 11.8 Å². The fraction of sp³-hybridized carbons (Fsp3) is 0.471. The minimum atomic E-state index is -0.231. The fourth-order valence-corrected chi connectivity index (χ4v) is 3.57. The Morgan fingerprint density at radius 2 is 2.00 bits per heavy atom. The van der Waals surface area contributed by atoms with Gasteiger partial charge in [-0.05, 0) is 29.2 Å². The Morgan fingerprint density at radius 1 is 1.21 bits per heavy atom. The fourth-order valence-electron chi connectivity index (χ4n) is 3.57. The molecule has 1 aliphatic carbocycles. The van der Waals surface area contributed by atoms with E-state index in [0.29, 0.717) is 11.8 Å². The lowest BCUT2D eigenvalue weighted by Crippen LogP contribution is -2.48. The van der Waals surface area contributed by atoms with E-state index in [-0.39, 0.29) is 5.54 Å². The second-order valence-electron chi connectivity index (χ2n) is 6.11. The molecule has 1 aliphatic rings. The normalized spacial score (nSPS) is 31.5. The second kappa shape index (κ2) is 4.61. The Balaban J connectivity index is 2.18. The van der Waals surface area contributed by atoms with Crippen molar-refractivity contribution in [1.82, 2.24) is 4.98 Å². The number of aromatic nitrogens is 1. The van der Waals surface area contributed by atoms with Crippen LogP contribution >= 0.6 is 0 Å². The van der Waals surface area contributed by atoms with Crippen molar-refractivity contribution in [2.45, 2.75) is 38.6 Å². The van der Waals surface area contributed by atoms with Crippen molar-refractivity contribution in [1.29, 1.82) is 0 Å². The largest absolute Gasteiger partial charge is 0.321 e. The molecule has 1 aromatic heterocycles. The third-order valence-electron chi connectivity index (χ3n) is 5.09. The molecule has 0 spiro atoms. The maximum absolute atomic E-state index is 6.84. The minimum Gasteiger partial charge on any atom is -0.321 e. The Kier molecular flexibility index (Phi) is 3.06. The van der Waals surface area contributed by atoms with Gasteiger partial charge in [0.1, 0.15) is 0 Å². The highest BCUT2D eigenvalue weighted by Crippen LogP contribution is 2.44. The van der Waals surface area contributed by atoms with Crippen LogP contribution < -0.4 is 5.73 Å². The lowest BCUT2D eigenvalue weighted by Gasteiger charge is -2.44. The number of benzene rings is 1. The van der Waals surface area contributed by atoms with Crippen LogP contribution in [-0.2, 0) is 5.54 Å². The Hall–Kier alpha value is -1.41. The van der Waals surface area contributed by atoms with Crippen molar-refractivity contribution < 1.29 is 0 Å². The molecule has 0 saturated heterocycles. The summed E-state index contributed by atoms with van der Waals surface area (Å²) in [4.78, 5) is 4.41. The van der Waals surface area contributed by atoms with E-state index in [9.17, 15) is 0 Å². The standard InChI is InChI=1S/C17H22N2/c1-12-6-5-9-17(18,13(12)2)16-11-19-10-14-7-3-4-8-15(14)16/h3-4,7-8,10-13H,5-6,9,18H2,1-2H3. The van der Waals surface area contributed by atoms with Crippen LogP contribution in [0.4, 0.5) is 0 Å². The van der Waals surface area contributed by atoms with Crippen molar-refractivity contribution in [2.24, 2.45) is 17.6 Å². The minimum absolute atomic E-state index is 0.231. The van der Waals surface area contributed by atoms with E-state index in [2.05, 4.69) is 43.1 Å². The van der Waals surface area contributed by atoms with Crippen LogP contribution in [0.3, 0.4) is 0 Å². The van der Waals surface area contributed by atoms with Gasteiger partial charge in [-0.1, -0.05) is 51.0 Å². The first kappa shape index (κ1) is 12.6. The van der Waals surface area contributed by atoms with Crippen LogP contribution in [0.5, 0.6) is 0 Å². The molecule has 0 amide bonds. The number of rotatable bonds is 1. The highest BCUT2D eigenvalue weighted by molar-refractivity contribution is 5.85. The molecule has 19 heavy (non-hydrogen) atoms. The summed E-state index contributed by atoms with van der Waals surface area (Å²) in [6, 6.07) is 8.44. The topological polar surface area (TPSA) is 38.9 Å². The lowest BCUT2D eigenvalue weighted by atomic mass is 9.65. The molecule has 0 bridgehead atoms. The molecule has 3 unspecified atom stereocenters. The first-order valence-corrected chi connectivity index (χ1v) is 7.25. The predicted molar refractivity (Wildman–Crippen MR) is 79.8 cm³/mol. The molecule has 100 valence electrons. The maximum atomic E-state index is 6.84. The zero-order valence-electron chi connectivity index (χ0n) is 11.8. The Morgan fingerprint density at radius 3 is 2.84 bits per heavy atom. The van der Waals surface area contributed by atoms with Crippen molar-refractivity contribution in [3.8, 4) is 0 Å². The highest BCUT2D eigenvalue weighted by atomic mass is 14.8. The molecule has 1 fully saturated rings. The predicted octanol–water partition coefficient (Wildman–Crippen LogP) is 3.84. The molecule has 1 aromatic carbocycles. The third kappa shape index (κ3) is 1.95. The van der Waals surface area contributed by atoms with Gasteiger partial charge in [-0.25, -0.2) is 0 Å². The van der Waals surface area contributed by atoms with E-state index in [1.165, 1.54) is 29.2 Å². The quantitative estimate of drug-likeness (QED) is 0.839. The smallest absolute Gasteiger partial charge is 0.0459 e. The van der Waals surface area contributed by atoms with Crippen LogP contribution in [0.25, 0.3) is 10.8 Å². The average Bonchev–Trinajstić information content (AvgIpc) is 2.44. The molecule has 0 radical (unpaired) electrons. The van der Waals surface area contributed by atoms with Crippen molar-refractivity contribution in [2.75, 3.05) is 0 Å². The van der Waals surface area contributed by atoms with E-state index in [0.717, 1.165) is 6.42 Å². The van der Waals surface area contributed by atoms with Gasteiger partial charge in [-0.15, -0.1) is 0 Å². The van der Waals surface area contributed by atoms with E-state index >= 15 is 0 Å². The molecule has 1 heterocycles. The van der Waals surface area contributed by atoms with Crippen LogP contribution in [0.1, 0.15) is 38.7 Å². The zero-order chi connectivity index (χ0) is 13.5. The van der Waals surface area contributed by atoms with E-state index in [4.69, 9.17) is 5.73 Å². The first-order chi connectivity index (χ1) is 9.13. The summed E-state index contributed by atoms with van der Waals surface area (Å²) in [5.74, 6) is 1.17. The maximum Gasteiger partial charge on any atom is 0.0459 e. The number of hydrogen-bond acceptors (Lipinski definition) is 2. The average molecular weight is 254 g/mol. The van der Waals surface area contributed by atoms with Crippen LogP contribution in [-0.4, -0.2) is 4.98 Å². The Bertz CT molecular complexity index is 587. The van der Waals surface area contributed by atoms with Gasteiger partial charge in [0.25, 0.3) is 0 Å². The van der Waals surface area contributed by atoms with Gasteiger partial charge in [-0.2, -0.15) is 0 Å². The van der Waals surface area contributed by atoms with Gasteiger partial charge in [0.15, 0.2) is 0 Å². The summed E-state index contributed by atoms with van der Waals surface area (Å²) < 4.78 is 0. The zero-order valence-corrected chi connectivity index (χ0v) is 11.8. The summed E-state index contributed by atoms with van der Waals surface area (Å²) in [7, 11) is 0. The third-order valence-corrected chi connectivity index (χ3v) is 5.09. The summed E-state index contributed by atoms with van der Waals surface area (Å²) >= 11 is 0. The van der Waals surface area contributed by atoms with E-state index in [1.807, 2.05) is 12.4 Å². The molecule has 2 nitrogen and oxygen atoms in total. The number of fused-ring (bicyclic) bond motifs is 1. The van der Waals surface area contributed by atoms with Gasteiger partial charge in [0.05, 0.1) is 0 Å². The van der Waals surface area contributed by atoms with E-state index in [1.54, 1.807) is 0 Å². The molecule has 2 N–H and O–H groups in total. The highest BCUT2D eigenvalue weighted by Gasteiger charge is 2.40. The lowest BCUT2D eigenvalue weighted by molar-refractivity contribution is 0.145. The summed E-state index contributed by atoms with van der Waals surface area (Å²) in [5.41, 5.74) is 7.84. The van der Waals surface area contributed by atoms with Gasteiger partial charge in [0.2, 0.25) is 0 Å². The number of hydrogen-bond donors (Lipinski definition) is 1. The first-order valence-electron chi connectivity index (χ1n) is 7.25. The molecule has 2 aromatic rings. The van der Waals surface area contributed by atoms with Gasteiger partial charge in [-0.3, -0.25) is 4.98 Å². The van der Waals surface area contributed by atoms with Gasteiger partial charge in [0, 0.05) is 23.3 Å². The van der Waals surface area contributed by atoms with Gasteiger partial charge < -0.3 is 5.73 Å². The summed E-state index contributed by atoms with van der Waals surface area (Å²) in [5, 5.41) is 2.45. The van der Waals surface area contributed by atoms with E-state index < -0.39 is 0 Å². The summed E-state index contributed by atoms with van der Waals surface area (Å²) in [6.45, 7) is 4.62. The molecular weight excluding hydrogens is 232 g/mol. The molecule has 3 rings (SSSR count). The Labute approximate surface area is 115 Å². The van der Waals surface area contributed by atoms with Crippen molar-refractivity contribution in [3.63, 3.8) is 0 Å². The molecule has 2 heteroatoms. The molecule has 3 atom stereocenters. The van der Waals surface area contributed by atoms with Crippen molar-refractivity contribution in [3.05, 3.63) is 42.2 Å². The summed E-state index contributed by atoms with van der Waals surface area (Å²) in [6.07, 6.45) is 7.48. The number of nitrogens with two attached hydrogens (primary N) is 1. The number of pyridine rings is 1. The molecule has 1 saturated carbocycles. The van der Waals surface area contributed by atoms with Crippen molar-refractivity contribution >= 4 is 10.8 Å². The monoisotopic (exact) mass is 254 g/mol. The molecule has 0 aliphatic heterocycles. The number of nitrogens with zero attached hydrogens (tertiary/aromatic N) is 1. The SMILES string of the molecule is CC1CCCC(N)(c2cncc3ccccc23)C1C. The second-order valence-corrected chi connectivity index (χ2v) is 6.11. The molecular formula is C17H22N2. The van der Waals surface area contributed by atoms with Crippen LogP contribution in [0.15, 0.2) is 36.7 Å².